The number of furan rings is 1. The minimum absolute atomic E-state index is 0.954. The normalized spacial score (nSPS) is 12.2. The van der Waals surface area contributed by atoms with Gasteiger partial charge < -0.3 is 4.42 Å². The minimum atomic E-state index is 0.954. The van der Waals surface area contributed by atoms with Crippen LogP contribution in [0.2, 0.25) is 0 Å². The molecule has 0 spiro atoms. The molecule has 6 rings (SSSR count). The third-order valence-corrected chi connectivity index (χ3v) is 5.99. The Morgan fingerprint density at radius 1 is 0.583 bits per heavy atom. The fraction of sp³-hybridized carbons (Fsp3) is 0. The summed E-state index contributed by atoms with van der Waals surface area (Å²) in [6, 6.07) is 25.9. The molecule has 2 aromatic heterocycles. The number of fused-ring (bicyclic) bond motifs is 8. The van der Waals surface area contributed by atoms with Crippen molar-refractivity contribution in [1.82, 2.24) is 0 Å². The largest absolute Gasteiger partial charge is 0.456 e. The molecule has 112 valence electrons. The number of thiophene rings is 1. The summed E-state index contributed by atoms with van der Waals surface area (Å²) in [5.41, 5.74) is 1.91. The van der Waals surface area contributed by atoms with E-state index in [4.69, 9.17) is 4.42 Å². The summed E-state index contributed by atoms with van der Waals surface area (Å²) in [6.07, 6.45) is 0. The molecule has 0 aliphatic heterocycles. The van der Waals surface area contributed by atoms with Crippen LogP contribution >= 0.6 is 11.3 Å². The SMILES string of the molecule is c1ccc2c(c1)oc1ccc3cc4sc5ccccc5c4cc3c12. The Balaban J connectivity index is 1.90. The van der Waals surface area contributed by atoms with Crippen LogP contribution in [0.15, 0.2) is 77.2 Å². The van der Waals surface area contributed by atoms with Crippen molar-refractivity contribution in [3.05, 3.63) is 72.8 Å². The van der Waals surface area contributed by atoms with Crippen LogP contribution in [-0.4, -0.2) is 0 Å². The molecule has 2 heterocycles. The first-order valence-electron chi connectivity index (χ1n) is 8.04. The predicted molar refractivity (Wildman–Crippen MR) is 104 cm³/mol. The summed E-state index contributed by atoms with van der Waals surface area (Å²) < 4.78 is 8.73. The highest BCUT2D eigenvalue weighted by atomic mass is 32.1. The van der Waals surface area contributed by atoms with Gasteiger partial charge in [-0.2, -0.15) is 0 Å². The van der Waals surface area contributed by atoms with Crippen LogP contribution in [0.4, 0.5) is 0 Å². The molecule has 4 aromatic carbocycles. The van der Waals surface area contributed by atoms with Crippen LogP contribution < -0.4 is 0 Å². The van der Waals surface area contributed by atoms with Gasteiger partial charge in [-0.15, -0.1) is 11.3 Å². The van der Waals surface area contributed by atoms with Crippen molar-refractivity contribution in [1.29, 1.82) is 0 Å². The van der Waals surface area contributed by atoms with Gasteiger partial charge in [-0.1, -0.05) is 42.5 Å². The van der Waals surface area contributed by atoms with Gasteiger partial charge in [0.25, 0.3) is 0 Å². The van der Waals surface area contributed by atoms with E-state index < -0.39 is 0 Å². The third kappa shape index (κ3) is 1.53. The summed E-state index contributed by atoms with van der Waals surface area (Å²) in [7, 11) is 0. The van der Waals surface area contributed by atoms with E-state index in [2.05, 4.69) is 60.7 Å². The highest BCUT2D eigenvalue weighted by Gasteiger charge is 2.12. The minimum Gasteiger partial charge on any atom is -0.456 e. The van der Waals surface area contributed by atoms with Gasteiger partial charge in [-0.25, -0.2) is 0 Å². The molecular formula is C22H12OS. The van der Waals surface area contributed by atoms with Crippen molar-refractivity contribution >= 4 is 64.2 Å². The van der Waals surface area contributed by atoms with Crippen LogP contribution in [0.25, 0.3) is 52.9 Å². The first-order chi connectivity index (χ1) is 11.9. The molecule has 0 fully saturated rings. The molecule has 0 saturated carbocycles. The van der Waals surface area contributed by atoms with Crippen LogP contribution in [0.3, 0.4) is 0 Å². The maximum Gasteiger partial charge on any atom is 0.136 e. The molecule has 24 heavy (non-hydrogen) atoms. The zero-order valence-corrected chi connectivity index (χ0v) is 13.6. The second kappa shape index (κ2) is 4.37. The molecule has 0 saturated heterocycles. The summed E-state index contributed by atoms with van der Waals surface area (Å²) >= 11 is 1.86. The number of hydrogen-bond acceptors (Lipinski definition) is 2. The second-order valence-corrected chi connectivity index (χ2v) is 7.29. The average molecular weight is 324 g/mol. The van der Waals surface area contributed by atoms with Gasteiger partial charge in [-0.3, -0.25) is 0 Å². The summed E-state index contributed by atoms with van der Waals surface area (Å²) in [5.74, 6) is 0. The zero-order chi connectivity index (χ0) is 15.7. The molecule has 1 nitrogen and oxygen atoms in total. The van der Waals surface area contributed by atoms with E-state index >= 15 is 0 Å². The Labute approximate surface area is 141 Å². The molecule has 0 bridgehead atoms. The highest BCUT2D eigenvalue weighted by molar-refractivity contribution is 7.25. The standard InChI is InChI=1S/C22H12OS/c1-3-7-18-15(6-1)22-16-12-17-14-5-2-4-8-20(14)24-21(17)11-13(16)9-10-19(22)23-18/h1-12H. The summed E-state index contributed by atoms with van der Waals surface area (Å²) in [5, 5.41) is 7.63. The molecule has 0 radical (unpaired) electrons. The monoisotopic (exact) mass is 324 g/mol. The van der Waals surface area contributed by atoms with Crippen LogP contribution in [0.5, 0.6) is 0 Å². The fourth-order valence-corrected chi connectivity index (χ4v) is 4.90. The Hall–Kier alpha value is -2.84. The molecule has 0 unspecified atom stereocenters. The third-order valence-electron chi connectivity index (χ3n) is 4.86. The quantitative estimate of drug-likeness (QED) is 0.290. The summed E-state index contributed by atoms with van der Waals surface area (Å²) in [6.45, 7) is 0. The van der Waals surface area contributed by atoms with E-state index in [0.717, 1.165) is 11.2 Å². The van der Waals surface area contributed by atoms with Crippen LogP contribution in [0.1, 0.15) is 0 Å². The number of benzene rings is 4. The van der Waals surface area contributed by atoms with Gasteiger partial charge in [0.15, 0.2) is 0 Å². The zero-order valence-electron chi connectivity index (χ0n) is 12.7. The van der Waals surface area contributed by atoms with Crippen LogP contribution in [-0.2, 0) is 0 Å². The second-order valence-electron chi connectivity index (χ2n) is 6.20. The fourth-order valence-electron chi connectivity index (χ4n) is 3.77. The Kier molecular flexibility index (Phi) is 2.29. The first kappa shape index (κ1) is 12.6. The van der Waals surface area contributed by atoms with E-state index in [0.29, 0.717) is 0 Å². The van der Waals surface area contributed by atoms with Crippen molar-refractivity contribution in [3.8, 4) is 0 Å². The summed E-state index contributed by atoms with van der Waals surface area (Å²) in [4.78, 5) is 0. The van der Waals surface area contributed by atoms with Crippen molar-refractivity contribution in [2.75, 3.05) is 0 Å². The maximum atomic E-state index is 6.04. The molecule has 0 amide bonds. The molecule has 0 aliphatic carbocycles. The average Bonchev–Trinajstić information content (AvgIpc) is 3.17. The highest BCUT2D eigenvalue weighted by Crippen LogP contribution is 2.40. The Morgan fingerprint density at radius 3 is 2.38 bits per heavy atom. The van der Waals surface area contributed by atoms with Crippen molar-refractivity contribution in [2.45, 2.75) is 0 Å². The number of hydrogen-bond donors (Lipinski definition) is 0. The van der Waals surface area contributed by atoms with E-state index in [1.165, 1.54) is 41.7 Å². The molecule has 0 aliphatic rings. The number of rotatable bonds is 0. The lowest BCUT2D eigenvalue weighted by atomic mass is 10.0. The molecular weight excluding hydrogens is 312 g/mol. The lowest BCUT2D eigenvalue weighted by Crippen LogP contribution is -1.75. The van der Waals surface area contributed by atoms with Gasteiger partial charge >= 0.3 is 0 Å². The van der Waals surface area contributed by atoms with E-state index in [9.17, 15) is 0 Å². The predicted octanol–water partition coefficient (Wildman–Crippen LogP) is 7.11. The van der Waals surface area contributed by atoms with E-state index in [1.54, 1.807) is 0 Å². The topological polar surface area (TPSA) is 13.1 Å². The van der Waals surface area contributed by atoms with Gasteiger partial charge in [0, 0.05) is 30.9 Å². The Bertz CT molecular complexity index is 1400. The molecule has 6 aromatic rings. The maximum absolute atomic E-state index is 6.04. The number of para-hydroxylation sites is 1. The van der Waals surface area contributed by atoms with Gasteiger partial charge in [0.05, 0.1) is 0 Å². The molecule has 0 N–H and O–H groups in total. The van der Waals surface area contributed by atoms with Gasteiger partial charge in [0.2, 0.25) is 0 Å². The van der Waals surface area contributed by atoms with E-state index in [1.807, 2.05) is 23.5 Å². The van der Waals surface area contributed by atoms with Gasteiger partial charge in [-0.05, 0) is 41.1 Å². The molecule has 2 heteroatoms. The lowest BCUT2D eigenvalue weighted by molar-refractivity contribution is 0.669. The first-order valence-corrected chi connectivity index (χ1v) is 8.85. The lowest BCUT2D eigenvalue weighted by Gasteiger charge is -2.01. The van der Waals surface area contributed by atoms with E-state index in [-0.39, 0.29) is 0 Å². The van der Waals surface area contributed by atoms with Crippen molar-refractivity contribution < 1.29 is 4.42 Å². The van der Waals surface area contributed by atoms with Crippen molar-refractivity contribution in [2.24, 2.45) is 0 Å². The van der Waals surface area contributed by atoms with Gasteiger partial charge in [0.1, 0.15) is 11.2 Å². The van der Waals surface area contributed by atoms with Crippen LogP contribution in [0, 0.1) is 0 Å². The Morgan fingerprint density at radius 2 is 1.42 bits per heavy atom. The van der Waals surface area contributed by atoms with Crippen molar-refractivity contribution in [3.63, 3.8) is 0 Å². The molecule has 0 atom stereocenters. The smallest absolute Gasteiger partial charge is 0.136 e.